The highest BCUT2D eigenvalue weighted by atomic mass is 35.5. The largest absolute Gasteiger partial charge is 0.501 e. The van der Waals surface area contributed by atoms with Crippen LogP contribution < -0.4 is 14.9 Å². The molecule has 0 unspecified atom stereocenters. The van der Waals surface area contributed by atoms with Crippen molar-refractivity contribution in [1.82, 2.24) is 14.5 Å². The Labute approximate surface area is 431 Å². The number of anilines is 2. The fourth-order valence-electron chi connectivity index (χ4n) is 8.15. The SMILES string of the molecule is O=C(NS(=O)(=O)c1ccc(N[C@H](CCN(CCCCCl)C(=O)OCOP(=O)(O)O)CSc2ccccc2)c(S(=O)(=O)C(F)(F)F)c1)c1ccc(N2CCN(CC3=C(c4ccc(Cl)cc4)CCCC3)CC2)cc1. The third-order valence-corrected chi connectivity index (χ3v) is 16.9. The van der Waals surface area contributed by atoms with Crippen LogP contribution in [-0.2, 0) is 33.7 Å². The molecule has 2 aliphatic rings. The zero-order valence-corrected chi connectivity index (χ0v) is 43.7. The number of benzene rings is 4. The molecular formula is C47H55Cl2F3N5O11PS3. The second kappa shape index (κ2) is 25.7. The van der Waals surface area contributed by atoms with Crippen molar-refractivity contribution in [3.63, 3.8) is 0 Å². The van der Waals surface area contributed by atoms with Crippen molar-refractivity contribution in [2.24, 2.45) is 0 Å². The number of piperazine rings is 1. The van der Waals surface area contributed by atoms with E-state index in [1.54, 1.807) is 42.5 Å². The number of rotatable bonds is 23. The molecule has 25 heteroatoms. The van der Waals surface area contributed by atoms with E-state index in [1.807, 2.05) is 16.9 Å². The minimum absolute atomic E-state index is 0.0420. The van der Waals surface area contributed by atoms with Crippen LogP contribution in [0.2, 0.25) is 5.02 Å². The van der Waals surface area contributed by atoms with Crippen molar-refractivity contribution in [3.05, 3.63) is 119 Å². The van der Waals surface area contributed by atoms with E-state index in [0.717, 1.165) is 72.9 Å². The van der Waals surface area contributed by atoms with E-state index in [0.29, 0.717) is 37.0 Å². The van der Waals surface area contributed by atoms with Crippen LogP contribution in [0.5, 0.6) is 0 Å². The van der Waals surface area contributed by atoms with E-state index in [1.165, 1.54) is 40.6 Å². The third-order valence-electron chi connectivity index (χ3n) is 11.9. The Bertz CT molecular complexity index is 2790. The molecule has 4 aromatic carbocycles. The average molecular weight is 1120 g/mol. The number of allylic oxidation sites excluding steroid dienone is 1. The van der Waals surface area contributed by atoms with Gasteiger partial charge in [-0.05, 0) is 123 Å². The molecule has 1 fully saturated rings. The quantitative estimate of drug-likeness (QED) is 0.0179. The molecular weight excluding hydrogens is 1070 g/mol. The minimum atomic E-state index is -6.24. The summed E-state index contributed by atoms with van der Waals surface area (Å²) in [5.74, 6) is -0.781. The Morgan fingerprint density at radius 3 is 2.21 bits per heavy atom. The number of sulfonamides is 1. The maximum atomic E-state index is 14.3. The van der Waals surface area contributed by atoms with E-state index >= 15 is 0 Å². The van der Waals surface area contributed by atoms with Crippen LogP contribution in [0.1, 0.15) is 60.9 Å². The predicted octanol–water partition coefficient (Wildman–Crippen LogP) is 9.39. The number of alkyl halides is 4. The summed E-state index contributed by atoms with van der Waals surface area (Å²) in [5.41, 5.74) is -1.77. The fraction of sp³-hybridized carbons (Fsp3) is 0.404. The molecule has 1 aliphatic heterocycles. The van der Waals surface area contributed by atoms with E-state index < -0.39 is 73.5 Å². The summed E-state index contributed by atoms with van der Waals surface area (Å²) in [6, 6.07) is 24.1. The molecule has 0 radical (unpaired) electrons. The molecule has 392 valence electrons. The predicted molar refractivity (Wildman–Crippen MR) is 271 cm³/mol. The van der Waals surface area contributed by atoms with Gasteiger partial charge in [0.05, 0.1) is 10.6 Å². The van der Waals surface area contributed by atoms with Gasteiger partial charge in [-0.25, -0.2) is 35.4 Å². The number of amides is 2. The minimum Gasteiger partial charge on any atom is -0.422 e. The molecule has 1 atom stereocenters. The first-order valence-electron chi connectivity index (χ1n) is 22.8. The number of hydrogen-bond donors (Lipinski definition) is 4. The summed E-state index contributed by atoms with van der Waals surface area (Å²) in [4.78, 5) is 48.4. The monoisotopic (exact) mass is 1120 g/mol. The number of carbonyl (C=O) groups excluding carboxylic acids is 2. The lowest BCUT2D eigenvalue weighted by atomic mass is 9.87. The van der Waals surface area contributed by atoms with Gasteiger partial charge >= 0.3 is 19.4 Å². The third kappa shape index (κ3) is 16.3. The Morgan fingerprint density at radius 1 is 0.875 bits per heavy atom. The molecule has 1 saturated heterocycles. The van der Waals surface area contributed by atoms with Gasteiger partial charge in [0.1, 0.15) is 4.90 Å². The van der Waals surface area contributed by atoms with Crippen LogP contribution in [0.4, 0.5) is 29.3 Å². The number of carbonyl (C=O) groups is 2. The highest BCUT2D eigenvalue weighted by molar-refractivity contribution is 7.99. The van der Waals surface area contributed by atoms with Crippen molar-refractivity contribution in [2.75, 3.05) is 74.5 Å². The molecule has 16 nitrogen and oxygen atoms in total. The topological polar surface area (TPSA) is 212 Å². The normalized spacial score (nSPS) is 15.5. The van der Waals surface area contributed by atoms with Gasteiger partial charge in [-0.2, -0.15) is 13.2 Å². The van der Waals surface area contributed by atoms with Gasteiger partial charge in [0, 0.05) is 84.7 Å². The van der Waals surface area contributed by atoms with Gasteiger partial charge in [0.25, 0.3) is 25.8 Å². The summed E-state index contributed by atoms with van der Waals surface area (Å²) in [7, 11) is -16.2. The second-order valence-corrected chi connectivity index (χ2v) is 23.7. The Hall–Kier alpha value is -4.35. The highest BCUT2D eigenvalue weighted by Gasteiger charge is 2.48. The summed E-state index contributed by atoms with van der Waals surface area (Å²) in [5, 5.41) is 3.50. The number of unbranched alkanes of at least 4 members (excludes halogenated alkanes) is 1. The molecule has 0 spiro atoms. The average Bonchev–Trinajstić information content (AvgIpc) is 3.34. The van der Waals surface area contributed by atoms with Gasteiger partial charge in [-0.15, -0.1) is 23.4 Å². The van der Waals surface area contributed by atoms with Crippen molar-refractivity contribution in [3.8, 4) is 0 Å². The number of thioether (sulfide) groups is 1. The molecule has 6 rings (SSSR count). The zero-order chi connectivity index (χ0) is 52.1. The van der Waals surface area contributed by atoms with Crippen molar-refractivity contribution >= 4 is 91.6 Å². The molecule has 4 N–H and O–H groups in total. The van der Waals surface area contributed by atoms with Crippen molar-refractivity contribution < 1.29 is 63.2 Å². The number of halogens is 5. The number of nitrogens with zero attached hydrogens (tertiary/aromatic N) is 3. The Morgan fingerprint density at radius 2 is 1.56 bits per heavy atom. The molecule has 4 aromatic rings. The van der Waals surface area contributed by atoms with Crippen molar-refractivity contribution in [1.29, 1.82) is 0 Å². The number of phosphoric acid groups is 1. The highest BCUT2D eigenvalue weighted by Crippen LogP contribution is 2.38. The van der Waals surface area contributed by atoms with Crippen LogP contribution >= 0.6 is 42.8 Å². The Balaban J connectivity index is 1.15. The summed E-state index contributed by atoms with van der Waals surface area (Å²) in [6.07, 6.45) is 4.07. The lowest BCUT2D eigenvalue weighted by Gasteiger charge is -2.37. The first kappa shape index (κ1) is 56.9. The van der Waals surface area contributed by atoms with E-state index in [4.69, 9.17) is 37.7 Å². The van der Waals surface area contributed by atoms with E-state index in [9.17, 15) is 44.2 Å². The molecule has 72 heavy (non-hydrogen) atoms. The summed E-state index contributed by atoms with van der Waals surface area (Å²) >= 11 is 13.2. The van der Waals surface area contributed by atoms with E-state index in [2.05, 4.69) is 31.8 Å². The molecule has 0 aromatic heterocycles. The number of phosphoric ester groups is 1. The first-order chi connectivity index (χ1) is 34.1. The second-order valence-electron chi connectivity index (χ2n) is 16.9. The van der Waals surface area contributed by atoms with Crippen LogP contribution in [0.15, 0.2) is 117 Å². The number of sulfone groups is 1. The van der Waals surface area contributed by atoms with Crippen LogP contribution in [0.25, 0.3) is 5.57 Å². The van der Waals surface area contributed by atoms with Crippen LogP contribution in [-0.4, -0.2) is 124 Å². The number of nitrogens with one attached hydrogen (secondary N) is 2. The lowest BCUT2D eigenvalue weighted by molar-refractivity contribution is -0.0436. The molecule has 1 aliphatic carbocycles. The van der Waals surface area contributed by atoms with Crippen molar-refractivity contribution in [2.45, 2.75) is 71.2 Å². The summed E-state index contributed by atoms with van der Waals surface area (Å²) < 4.78 is 119. The van der Waals surface area contributed by atoms with Gasteiger partial charge in [0.2, 0.25) is 6.79 Å². The number of hydrogen-bond acceptors (Lipinski definition) is 13. The first-order valence-corrected chi connectivity index (χ1v) is 29.2. The maximum Gasteiger partial charge on any atom is 0.501 e. The standard InChI is InChI=1S/C47H55Cl2F3N5O11PS3/c48-23-6-7-24-57(46(59)67-33-68-69(60,61)62)25-22-38(32-70-40-9-2-1-3-10-40)53-43-21-20-41(30-44(43)71(63,64)47(50,51)52)72(65,66)54-45(58)35-14-18-39(19-15-35)56-28-26-55(27-29-56)31-36-8-4-5-11-42(36)34-12-16-37(49)17-13-34/h1-3,9-10,12-21,30,38,53H,4-8,11,22-29,31-33H2,(H,54,58)(H2,60,61,62)/t38-/m1/s1. The van der Waals surface area contributed by atoms with Gasteiger partial charge < -0.3 is 29.6 Å². The lowest BCUT2D eigenvalue weighted by Crippen LogP contribution is -2.47. The summed E-state index contributed by atoms with van der Waals surface area (Å²) in [6.45, 7) is 2.63. The van der Waals surface area contributed by atoms with Crippen LogP contribution in [0, 0.1) is 0 Å². The zero-order valence-electron chi connectivity index (χ0n) is 38.8. The number of ether oxygens (including phenoxy) is 1. The molecule has 0 saturated carbocycles. The van der Waals surface area contributed by atoms with Gasteiger partial charge in [0.15, 0.2) is 0 Å². The smallest absolute Gasteiger partial charge is 0.422 e. The van der Waals surface area contributed by atoms with Crippen LogP contribution in [0.3, 0.4) is 0 Å². The van der Waals surface area contributed by atoms with E-state index in [-0.39, 0.29) is 36.7 Å². The maximum absolute atomic E-state index is 14.3. The molecule has 2 amide bonds. The molecule has 0 bridgehead atoms. The van der Waals surface area contributed by atoms with Gasteiger partial charge in [-0.1, -0.05) is 47.5 Å². The fourth-order valence-corrected chi connectivity index (χ4v) is 11.7. The Kier molecular flexibility index (Phi) is 20.4. The van der Waals surface area contributed by atoms with Gasteiger partial charge in [-0.3, -0.25) is 9.69 Å². The molecule has 1 heterocycles.